The van der Waals surface area contributed by atoms with Crippen molar-refractivity contribution in [3.05, 3.63) is 0 Å². The summed E-state index contributed by atoms with van der Waals surface area (Å²) in [6, 6.07) is 1.67. The molecule has 0 aromatic heterocycles. The lowest BCUT2D eigenvalue weighted by Gasteiger charge is -2.42. The molecular formula is C14H27NS. The Morgan fingerprint density at radius 2 is 1.81 bits per heavy atom. The molecule has 94 valence electrons. The SMILES string of the molecule is CSC1CCCC(NC2CC(C(C)C)C2)C1. The van der Waals surface area contributed by atoms with Crippen LogP contribution in [0.3, 0.4) is 0 Å². The van der Waals surface area contributed by atoms with Crippen LogP contribution in [0.5, 0.6) is 0 Å². The second kappa shape index (κ2) is 5.77. The largest absolute Gasteiger partial charge is 0.311 e. The summed E-state index contributed by atoms with van der Waals surface area (Å²) in [7, 11) is 0. The summed E-state index contributed by atoms with van der Waals surface area (Å²) in [6.45, 7) is 4.73. The fourth-order valence-corrected chi connectivity index (χ4v) is 4.01. The molecule has 0 radical (unpaired) electrons. The summed E-state index contributed by atoms with van der Waals surface area (Å²) in [5, 5.41) is 4.81. The van der Waals surface area contributed by atoms with Crippen molar-refractivity contribution in [2.45, 2.75) is 69.7 Å². The minimum atomic E-state index is 0.823. The van der Waals surface area contributed by atoms with Gasteiger partial charge >= 0.3 is 0 Å². The highest BCUT2D eigenvalue weighted by Crippen LogP contribution is 2.35. The molecule has 2 aliphatic carbocycles. The van der Waals surface area contributed by atoms with Crippen LogP contribution in [0.1, 0.15) is 52.4 Å². The third-order valence-electron chi connectivity index (χ3n) is 4.55. The maximum atomic E-state index is 3.89. The quantitative estimate of drug-likeness (QED) is 0.806. The van der Waals surface area contributed by atoms with Crippen molar-refractivity contribution in [1.29, 1.82) is 0 Å². The van der Waals surface area contributed by atoms with E-state index in [1.54, 1.807) is 0 Å². The van der Waals surface area contributed by atoms with Crippen molar-refractivity contribution < 1.29 is 0 Å². The van der Waals surface area contributed by atoms with Gasteiger partial charge in [-0.15, -0.1) is 0 Å². The number of hydrogen-bond donors (Lipinski definition) is 1. The van der Waals surface area contributed by atoms with Crippen LogP contribution in [0.25, 0.3) is 0 Å². The molecular weight excluding hydrogens is 214 g/mol. The molecule has 0 aromatic rings. The van der Waals surface area contributed by atoms with Crippen LogP contribution in [0.15, 0.2) is 0 Å². The van der Waals surface area contributed by atoms with Crippen LogP contribution in [0.4, 0.5) is 0 Å². The molecule has 2 rings (SSSR count). The van der Waals surface area contributed by atoms with Crippen molar-refractivity contribution in [2.75, 3.05) is 6.26 Å². The Bertz CT molecular complexity index is 211. The van der Waals surface area contributed by atoms with Crippen molar-refractivity contribution in [2.24, 2.45) is 11.8 Å². The van der Waals surface area contributed by atoms with E-state index in [2.05, 4.69) is 37.2 Å². The number of rotatable bonds is 4. The second-order valence-electron chi connectivity index (χ2n) is 6.06. The van der Waals surface area contributed by atoms with E-state index in [1.807, 2.05) is 0 Å². The lowest BCUT2D eigenvalue weighted by molar-refractivity contribution is 0.149. The van der Waals surface area contributed by atoms with Gasteiger partial charge in [0.25, 0.3) is 0 Å². The molecule has 0 heterocycles. The minimum absolute atomic E-state index is 0.823. The molecule has 2 aliphatic rings. The van der Waals surface area contributed by atoms with Gasteiger partial charge in [0.1, 0.15) is 0 Å². The van der Waals surface area contributed by atoms with E-state index in [0.717, 1.165) is 29.2 Å². The van der Waals surface area contributed by atoms with Gasteiger partial charge in [-0.3, -0.25) is 0 Å². The fraction of sp³-hybridized carbons (Fsp3) is 1.00. The maximum absolute atomic E-state index is 3.89. The van der Waals surface area contributed by atoms with E-state index in [4.69, 9.17) is 0 Å². The summed E-state index contributed by atoms with van der Waals surface area (Å²) >= 11 is 2.07. The smallest absolute Gasteiger partial charge is 0.00802 e. The Labute approximate surface area is 105 Å². The molecule has 1 N–H and O–H groups in total. The van der Waals surface area contributed by atoms with Crippen LogP contribution in [0, 0.1) is 11.8 Å². The van der Waals surface area contributed by atoms with Crippen molar-refractivity contribution in [1.82, 2.24) is 5.32 Å². The standard InChI is InChI=1S/C14H27NS/c1-10(2)11-7-13(8-11)15-12-5-4-6-14(9-12)16-3/h10-15H,4-9H2,1-3H3. The van der Waals surface area contributed by atoms with E-state index < -0.39 is 0 Å². The first-order valence-corrected chi connectivity index (χ1v) is 8.26. The highest BCUT2D eigenvalue weighted by atomic mass is 32.2. The first kappa shape index (κ1) is 12.8. The predicted molar refractivity (Wildman–Crippen MR) is 74.0 cm³/mol. The average Bonchev–Trinajstić information content (AvgIpc) is 2.22. The van der Waals surface area contributed by atoms with Gasteiger partial charge in [0, 0.05) is 17.3 Å². The van der Waals surface area contributed by atoms with Gasteiger partial charge in [-0.2, -0.15) is 11.8 Å². The molecule has 2 atom stereocenters. The number of thioether (sulfide) groups is 1. The molecule has 2 unspecified atom stereocenters. The molecule has 2 heteroatoms. The highest BCUT2D eigenvalue weighted by molar-refractivity contribution is 7.99. The summed E-state index contributed by atoms with van der Waals surface area (Å²) in [5.41, 5.74) is 0. The summed E-state index contributed by atoms with van der Waals surface area (Å²) in [5.74, 6) is 1.89. The van der Waals surface area contributed by atoms with E-state index in [1.165, 1.54) is 38.5 Å². The van der Waals surface area contributed by atoms with Gasteiger partial charge in [0.05, 0.1) is 0 Å². The van der Waals surface area contributed by atoms with Crippen LogP contribution >= 0.6 is 11.8 Å². The Morgan fingerprint density at radius 1 is 1.06 bits per heavy atom. The highest BCUT2D eigenvalue weighted by Gasteiger charge is 2.33. The molecule has 0 aliphatic heterocycles. The van der Waals surface area contributed by atoms with Gasteiger partial charge in [0.2, 0.25) is 0 Å². The molecule has 0 saturated heterocycles. The predicted octanol–water partition coefficient (Wildman–Crippen LogP) is 3.68. The molecule has 0 spiro atoms. The van der Waals surface area contributed by atoms with Crippen LogP contribution in [0.2, 0.25) is 0 Å². The first-order valence-electron chi connectivity index (χ1n) is 6.98. The molecule has 16 heavy (non-hydrogen) atoms. The zero-order valence-corrected chi connectivity index (χ0v) is 11.9. The molecule has 2 saturated carbocycles. The summed E-state index contributed by atoms with van der Waals surface area (Å²) in [6.07, 6.45) is 10.8. The van der Waals surface area contributed by atoms with Crippen LogP contribution in [-0.2, 0) is 0 Å². The number of hydrogen-bond acceptors (Lipinski definition) is 2. The van der Waals surface area contributed by atoms with Gasteiger partial charge < -0.3 is 5.32 Å². The van der Waals surface area contributed by atoms with Crippen molar-refractivity contribution in [3.63, 3.8) is 0 Å². The topological polar surface area (TPSA) is 12.0 Å². The number of nitrogens with one attached hydrogen (secondary N) is 1. The Morgan fingerprint density at radius 3 is 2.44 bits per heavy atom. The molecule has 1 nitrogen and oxygen atoms in total. The monoisotopic (exact) mass is 241 g/mol. The Balaban J connectivity index is 1.67. The molecule has 0 aromatic carbocycles. The normalized spacial score (nSPS) is 39.8. The lowest BCUT2D eigenvalue weighted by atomic mass is 9.73. The lowest BCUT2D eigenvalue weighted by Crippen LogP contribution is -2.49. The Kier molecular flexibility index (Phi) is 4.60. The molecule has 2 fully saturated rings. The van der Waals surface area contributed by atoms with Crippen molar-refractivity contribution in [3.8, 4) is 0 Å². The summed E-state index contributed by atoms with van der Waals surface area (Å²) < 4.78 is 0. The summed E-state index contributed by atoms with van der Waals surface area (Å²) in [4.78, 5) is 0. The van der Waals surface area contributed by atoms with Crippen LogP contribution < -0.4 is 5.32 Å². The third kappa shape index (κ3) is 3.16. The van der Waals surface area contributed by atoms with E-state index >= 15 is 0 Å². The fourth-order valence-electron chi connectivity index (χ4n) is 3.19. The molecule has 0 amide bonds. The second-order valence-corrected chi connectivity index (χ2v) is 7.20. The molecule has 0 bridgehead atoms. The Hall–Kier alpha value is 0.310. The van der Waals surface area contributed by atoms with Crippen molar-refractivity contribution >= 4 is 11.8 Å². The van der Waals surface area contributed by atoms with E-state index in [-0.39, 0.29) is 0 Å². The zero-order valence-electron chi connectivity index (χ0n) is 11.0. The van der Waals surface area contributed by atoms with E-state index in [0.29, 0.717) is 0 Å². The average molecular weight is 241 g/mol. The van der Waals surface area contributed by atoms with Gasteiger partial charge in [-0.05, 0) is 50.2 Å². The van der Waals surface area contributed by atoms with Crippen LogP contribution in [-0.4, -0.2) is 23.6 Å². The van der Waals surface area contributed by atoms with Gasteiger partial charge in [0.15, 0.2) is 0 Å². The van der Waals surface area contributed by atoms with Gasteiger partial charge in [-0.25, -0.2) is 0 Å². The minimum Gasteiger partial charge on any atom is -0.311 e. The first-order chi connectivity index (χ1) is 7.69. The van der Waals surface area contributed by atoms with E-state index in [9.17, 15) is 0 Å². The third-order valence-corrected chi connectivity index (χ3v) is 5.64. The maximum Gasteiger partial charge on any atom is 0.00802 e. The zero-order chi connectivity index (χ0) is 11.5. The van der Waals surface area contributed by atoms with Gasteiger partial charge in [-0.1, -0.05) is 20.3 Å².